The lowest BCUT2D eigenvalue weighted by molar-refractivity contribution is -0.133. The van der Waals surface area contributed by atoms with Gasteiger partial charge in [0.05, 0.1) is 17.6 Å². The number of aromatic nitrogens is 5. The minimum Gasteiger partial charge on any atom is -0.481 e. The summed E-state index contributed by atoms with van der Waals surface area (Å²) in [6, 6.07) is 0. The lowest BCUT2D eigenvalue weighted by Gasteiger charge is -2.09. The Morgan fingerprint density at radius 3 is 2.75 bits per heavy atom. The molecule has 0 aliphatic carbocycles. The van der Waals surface area contributed by atoms with Gasteiger partial charge in [-0.05, 0) is 6.92 Å². The van der Waals surface area contributed by atoms with Crippen molar-refractivity contribution in [3.05, 3.63) is 18.2 Å². The van der Waals surface area contributed by atoms with Crippen molar-refractivity contribution < 1.29 is 9.90 Å². The molecular formula is C12H17N5O2S. The van der Waals surface area contributed by atoms with E-state index in [1.807, 2.05) is 36.2 Å². The highest BCUT2D eigenvalue weighted by Crippen LogP contribution is 2.25. The van der Waals surface area contributed by atoms with Crippen LogP contribution in [0.4, 0.5) is 0 Å². The molecule has 0 aliphatic rings. The van der Waals surface area contributed by atoms with Crippen LogP contribution in [0.1, 0.15) is 32.5 Å². The maximum absolute atomic E-state index is 10.7. The summed E-state index contributed by atoms with van der Waals surface area (Å²) in [6.45, 7) is 6.83. The molecule has 0 spiro atoms. The van der Waals surface area contributed by atoms with E-state index in [9.17, 15) is 4.79 Å². The first-order valence-corrected chi connectivity index (χ1v) is 7.34. The fraction of sp³-hybridized carbons (Fsp3) is 0.500. The van der Waals surface area contributed by atoms with Gasteiger partial charge in [-0.25, -0.2) is 0 Å². The van der Waals surface area contributed by atoms with Crippen LogP contribution in [-0.4, -0.2) is 41.4 Å². The summed E-state index contributed by atoms with van der Waals surface area (Å²) in [5, 5.41) is 21.9. The monoisotopic (exact) mass is 295 g/mol. The molecular weight excluding hydrogens is 278 g/mol. The maximum atomic E-state index is 10.7. The molecule has 0 saturated carbocycles. The molecule has 0 aromatic carbocycles. The molecule has 0 bridgehead atoms. The highest BCUT2D eigenvalue weighted by Gasteiger charge is 2.18. The van der Waals surface area contributed by atoms with Crippen molar-refractivity contribution in [3.8, 4) is 5.69 Å². The van der Waals surface area contributed by atoms with Crippen molar-refractivity contribution in [2.75, 3.05) is 5.75 Å². The Balaban J connectivity index is 2.40. The van der Waals surface area contributed by atoms with Crippen molar-refractivity contribution in [1.29, 1.82) is 0 Å². The fourth-order valence-electron chi connectivity index (χ4n) is 1.76. The number of carboxylic acids is 1. The standard InChI is InChI=1S/C12H17N5O2S/c1-4-16-6-9(5-13-16)17-11(8(2)3)14-15-12(17)20-7-10(18)19/h5-6,8H,4,7H2,1-3H3,(H,18,19). The molecule has 2 heterocycles. The molecule has 0 fully saturated rings. The van der Waals surface area contributed by atoms with Crippen molar-refractivity contribution in [1.82, 2.24) is 24.5 Å². The number of hydrogen-bond acceptors (Lipinski definition) is 5. The van der Waals surface area contributed by atoms with Crippen LogP contribution in [0.2, 0.25) is 0 Å². The van der Waals surface area contributed by atoms with E-state index in [0.29, 0.717) is 5.16 Å². The van der Waals surface area contributed by atoms with E-state index in [0.717, 1.165) is 29.8 Å². The van der Waals surface area contributed by atoms with Crippen molar-refractivity contribution in [2.45, 2.75) is 38.4 Å². The fourth-order valence-corrected chi connectivity index (χ4v) is 2.44. The molecule has 0 aliphatic heterocycles. The molecule has 1 N–H and O–H groups in total. The minimum atomic E-state index is -0.875. The Labute approximate surface area is 121 Å². The highest BCUT2D eigenvalue weighted by atomic mass is 32.2. The number of thioether (sulfide) groups is 1. The van der Waals surface area contributed by atoms with Gasteiger partial charge in [0.2, 0.25) is 0 Å². The summed E-state index contributed by atoms with van der Waals surface area (Å²) in [5.74, 6) is 0.0677. The van der Waals surface area contributed by atoms with Crippen LogP contribution in [-0.2, 0) is 11.3 Å². The largest absolute Gasteiger partial charge is 0.481 e. The Hall–Kier alpha value is -1.83. The zero-order valence-electron chi connectivity index (χ0n) is 11.6. The minimum absolute atomic E-state index is 0.0435. The van der Waals surface area contributed by atoms with Gasteiger partial charge in [-0.3, -0.25) is 14.0 Å². The first kappa shape index (κ1) is 14.6. The van der Waals surface area contributed by atoms with E-state index >= 15 is 0 Å². The van der Waals surface area contributed by atoms with Gasteiger partial charge in [0.15, 0.2) is 5.16 Å². The van der Waals surface area contributed by atoms with Crippen LogP contribution in [0.25, 0.3) is 5.69 Å². The smallest absolute Gasteiger partial charge is 0.313 e. The molecule has 0 saturated heterocycles. The normalized spacial score (nSPS) is 11.2. The lowest BCUT2D eigenvalue weighted by Crippen LogP contribution is -2.05. The van der Waals surface area contributed by atoms with Gasteiger partial charge in [0.25, 0.3) is 0 Å². The van der Waals surface area contributed by atoms with Crippen molar-refractivity contribution in [2.24, 2.45) is 0 Å². The molecule has 8 heteroatoms. The summed E-state index contributed by atoms with van der Waals surface area (Å²) in [4.78, 5) is 10.7. The molecule has 0 unspecified atom stereocenters. The average molecular weight is 295 g/mol. The lowest BCUT2D eigenvalue weighted by atomic mass is 10.2. The van der Waals surface area contributed by atoms with E-state index in [2.05, 4.69) is 15.3 Å². The third kappa shape index (κ3) is 3.01. The van der Waals surface area contributed by atoms with Crippen LogP contribution in [0, 0.1) is 0 Å². The Morgan fingerprint density at radius 2 is 2.20 bits per heavy atom. The number of nitrogens with zero attached hydrogens (tertiary/aromatic N) is 5. The second-order valence-electron chi connectivity index (χ2n) is 4.57. The summed E-state index contributed by atoms with van der Waals surface area (Å²) < 4.78 is 3.68. The van der Waals surface area contributed by atoms with E-state index in [1.54, 1.807) is 6.20 Å². The summed E-state index contributed by atoms with van der Waals surface area (Å²) in [6.07, 6.45) is 3.64. The van der Waals surface area contributed by atoms with Crippen LogP contribution in [0.15, 0.2) is 17.6 Å². The van der Waals surface area contributed by atoms with E-state index < -0.39 is 5.97 Å². The van der Waals surface area contributed by atoms with E-state index in [4.69, 9.17) is 5.11 Å². The van der Waals surface area contributed by atoms with Gasteiger partial charge in [-0.1, -0.05) is 25.6 Å². The van der Waals surface area contributed by atoms with Crippen LogP contribution >= 0.6 is 11.8 Å². The van der Waals surface area contributed by atoms with Crippen LogP contribution in [0.3, 0.4) is 0 Å². The van der Waals surface area contributed by atoms with E-state index in [1.165, 1.54) is 0 Å². The van der Waals surface area contributed by atoms with Crippen molar-refractivity contribution in [3.63, 3.8) is 0 Å². The number of carbonyl (C=O) groups is 1. The zero-order chi connectivity index (χ0) is 14.7. The number of hydrogen-bond donors (Lipinski definition) is 1. The second-order valence-corrected chi connectivity index (χ2v) is 5.51. The topological polar surface area (TPSA) is 85.8 Å². The predicted molar refractivity (Wildman–Crippen MR) is 75.3 cm³/mol. The number of carboxylic acid groups (broad SMARTS) is 1. The van der Waals surface area contributed by atoms with Gasteiger partial charge < -0.3 is 5.11 Å². The van der Waals surface area contributed by atoms with Gasteiger partial charge in [0, 0.05) is 18.7 Å². The number of rotatable bonds is 6. The second kappa shape index (κ2) is 6.08. The van der Waals surface area contributed by atoms with Gasteiger partial charge in [-0.15, -0.1) is 10.2 Å². The van der Waals surface area contributed by atoms with Crippen LogP contribution in [0.5, 0.6) is 0 Å². The SMILES string of the molecule is CCn1cc(-n2c(SCC(=O)O)nnc2C(C)C)cn1. The summed E-state index contributed by atoms with van der Waals surface area (Å²) >= 11 is 1.16. The first-order chi connectivity index (χ1) is 9.52. The Bertz CT molecular complexity index is 605. The number of aliphatic carboxylic acids is 1. The molecule has 0 atom stereocenters. The van der Waals surface area contributed by atoms with Gasteiger partial charge in [-0.2, -0.15) is 5.10 Å². The third-order valence-electron chi connectivity index (χ3n) is 2.70. The summed E-state index contributed by atoms with van der Waals surface area (Å²) in [5.41, 5.74) is 0.855. The quantitative estimate of drug-likeness (QED) is 0.818. The van der Waals surface area contributed by atoms with Gasteiger partial charge >= 0.3 is 5.97 Å². The van der Waals surface area contributed by atoms with Crippen LogP contribution < -0.4 is 0 Å². The Kier molecular flexibility index (Phi) is 4.43. The Morgan fingerprint density at radius 1 is 1.45 bits per heavy atom. The molecule has 2 aromatic heterocycles. The van der Waals surface area contributed by atoms with Gasteiger partial charge in [0.1, 0.15) is 5.82 Å². The molecule has 108 valence electrons. The molecule has 20 heavy (non-hydrogen) atoms. The third-order valence-corrected chi connectivity index (χ3v) is 3.62. The molecule has 0 amide bonds. The number of aryl methyl sites for hydroxylation is 1. The first-order valence-electron chi connectivity index (χ1n) is 6.35. The molecule has 2 aromatic rings. The predicted octanol–water partition coefficient (Wildman–Crippen LogP) is 1.78. The average Bonchev–Trinajstić information content (AvgIpc) is 3.02. The summed E-state index contributed by atoms with van der Waals surface area (Å²) in [7, 11) is 0. The molecule has 0 radical (unpaired) electrons. The van der Waals surface area contributed by atoms with Crippen molar-refractivity contribution >= 4 is 17.7 Å². The molecule has 2 rings (SSSR count). The maximum Gasteiger partial charge on any atom is 0.313 e. The zero-order valence-corrected chi connectivity index (χ0v) is 12.5. The highest BCUT2D eigenvalue weighted by molar-refractivity contribution is 7.99. The van der Waals surface area contributed by atoms with E-state index in [-0.39, 0.29) is 11.7 Å². The molecule has 7 nitrogen and oxygen atoms in total.